The molecule has 1 fully saturated rings. The van der Waals surface area contributed by atoms with Gasteiger partial charge in [-0.15, -0.1) is 0 Å². The van der Waals surface area contributed by atoms with Crippen LogP contribution in [0.25, 0.3) is 6.08 Å². The fourth-order valence-corrected chi connectivity index (χ4v) is 2.99. The number of ether oxygens (including phenoxy) is 1. The number of nitrogens with zero attached hydrogens (tertiary/aromatic N) is 3. The van der Waals surface area contributed by atoms with E-state index in [1.54, 1.807) is 6.20 Å². The SMILES string of the molecule is O=C(/C=C/c1cnc(NCCOc2cccc(CN3CCCC3)c2)cn1)NO. The molecule has 1 amide bonds. The smallest absolute Gasteiger partial charge is 0.267 e. The molecule has 0 spiro atoms. The van der Waals surface area contributed by atoms with Crippen molar-refractivity contribution in [3.63, 3.8) is 0 Å². The summed E-state index contributed by atoms with van der Waals surface area (Å²) in [5.74, 6) is 0.869. The molecule has 1 aliphatic rings. The van der Waals surface area contributed by atoms with Gasteiger partial charge in [-0.1, -0.05) is 12.1 Å². The van der Waals surface area contributed by atoms with Gasteiger partial charge in [-0.05, 0) is 49.7 Å². The second-order valence-electron chi connectivity index (χ2n) is 6.54. The van der Waals surface area contributed by atoms with Crippen LogP contribution in [0.4, 0.5) is 5.82 Å². The molecule has 0 aliphatic carbocycles. The largest absolute Gasteiger partial charge is 0.492 e. The van der Waals surface area contributed by atoms with Gasteiger partial charge in [0.2, 0.25) is 0 Å². The molecule has 0 bridgehead atoms. The third-order valence-corrected chi connectivity index (χ3v) is 4.37. The summed E-state index contributed by atoms with van der Waals surface area (Å²) in [6.45, 7) is 4.44. The fraction of sp³-hybridized carbons (Fsp3) is 0.350. The number of carbonyl (C=O) groups excluding carboxylic acids is 1. The van der Waals surface area contributed by atoms with Crippen LogP contribution in [0.2, 0.25) is 0 Å². The highest BCUT2D eigenvalue weighted by atomic mass is 16.5. The number of aromatic nitrogens is 2. The number of hydrogen-bond donors (Lipinski definition) is 3. The maximum absolute atomic E-state index is 10.9. The lowest BCUT2D eigenvalue weighted by molar-refractivity contribution is -0.124. The second kappa shape index (κ2) is 10.4. The molecule has 0 saturated carbocycles. The van der Waals surface area contributed by atoms with Gasteiger partial charge in [0.05, 0.1) is 24.6 Å². The highest BCUT2D eigenvalue weighted by molar-refractivity contribution is 5.90. The highest BCUT2D eigenvalue weighted by Gasteiger charge is 2.11. The third-order valence-electron chi connectivity index (χ3n) is 4.37. The van der Waals surface area contributed by atoms with Gasteiger partial charge in [0.1, 0.15) is 18.2 Å². The second-order valence-corrected chi connectivity index (χ2v) is 6.54. The van der Waals surface area contributed by atoms with Crippen LogP contribution in [0.15, 0.2) is 42.7 Å². The zero-order valence-corrected chi connectivity index (χ0v) is 15.7. The van der Waals surface area contributed by atoms with E-state index < -0.39 is 5.91 Å². The molecule has 0 radical (unpaired) electrons. The third kappa shape index (κ3) is 6.33. The fourth-order valence-electron chi connectivity index (χ4n) is 2.99. The van der Waals surface area contributed by atoms with Gasteiger partial charge in [0, 0.05) is 12.6 Å². The first kappa shape index (κ1) is 19.8. The number of carbonyl (C=O) groups is 1. The zero-order valence-electron chi connectivity index (χ0n) is 15.7. The number of nitrogens with one attached hydrogen (secondary N) is 2. The van der Waals surface area contributed by atoms with Crippen LogP contribution in [0.5, 0.6) is 5.75 Å². The van der Waals surface area contributed by atoms with Crippen molar-refractivity contribution in [3.05, 3.63) is 54.0 Å². The van der Waals surface area contributed by atoms with Crippen LogP contribution in [0.1, 0.15) is 24.1 Å². The number of rotatable bonds is 9. The van der Waals surface area contributed by atoms with E-state index in [-0.39, 0.29) is 0 Å². The molecule has 2 aromatic rings. The van der Waals surface area contributed by atoms with E-state index in [1.807, 2.05) is 12.1 Å². The number of anilines is 1. The van der Waals surface area contributed by atoms with E-state index >= 15 is 0 Å². The van der Waals surface area contributed by atoms with Crippen molar-refractivity contribution in [1.29, 1.82) is 0 Å². The first-order valence-corrected chi connectivity index (χ1v) is 9.35. The monoisotopic (exact) mass is 383 g/mol. The molecule has 3 N–H and O–H groups in total. The molecule has 1 aliphatic heterocycles. The molecule has 1 saturated heterocycles. The van der Waals surface area contributed by atoms with Crippen molar-refractivity contribution in [2.75, 3.05) is 31.6 Å². The number of likely N-dealkylation sites (tertiary alicyclic amines) is 1. The van der Waals surface area contributed by atoms with Gasteiger partial charge in [-0.2, -0.15) is 0 Å². The summed E-state index contributed by atoms with van der Waals surface area (Å²) in [7, 11) is 0. The predicted octanol–water partition coefficient (Wildman–Crippen LogP) is 2.08. The highest BCUT2D eigenvalue weighted by Crippen LogP contribution is 2.17. The van der Waals surface area contributed by atoms with Crippen molar-refractivity contribution in [2.45, 2.75) is 19.4 Å². The Morgan fingerprint density at radius 2 is 2.11 bits per heavy atom. The molecule has 28 heavy (non-hydrogen) atoms. The summed E-state index contributed by atoms with van der Waals surface area (Å²) < 4.78 is 5.83. The van der Waals surface area contributed by atoms with E-state index in [2.05, 4.69) is 32.3 Å². The maximum Gasteiger partial charge on any atom is 0.267 e. The zero-order chi connectivity index (χ0) is 19.6. The molecular formula is C20H25N5O3. The minimum atomic E-state index is -0.620. The Morgan fingerprint density at radius 3 is 2.86 bits per heavy atom. The lowest BCUT2D eigenvalue weighted by Crippen LogP contribution is -2.18. The minimum absolute atomic E-state index is 0.507. The molecule has 3 rings (SSSR count). The Morgan fingerprint density at radius 1 is 1.25 bits per heavy atom. The van der Waals surface area contributed by atoms with Gasteiger partial charge in [-0.3, -0.25) is 19.9 Å². The van der Waals surface area contributed by atoms with Gasteiger partial charge in [0.25, 0.3) is 5.91 Å². The van der Waals surface area contributed by atoms with Crippen LogP contribution in [-0.2, 0) is 11.3 Å². The Labute approximate surface area is 164 Å². The van der Waals surface area contributed by atoms with Crippen molar-refractivity contribution < 1.29 is 14.7 Å². The summed E-state index contributed by atoms with van der Waals surface area (Å²) in [6, 6.07) is 8.24. The van der Waals surface area contributed by atoms with Gasteiger partial charge in [-0.25, -0.2) is 10.5 Å². The summed E-state index contributed by atoms with van der Waals surface area (Å²) in [4.78, 5) is 21.8. The topological polar surface area (TPSA) is 99.6 Å². The van der Waals surface area contributed by atoms with E-state index in [0.29, 0.717) is 24.7 Å². The van der Waals surface area contributed by atoms with E-state index in [0.717, 1.165) is 12.3 Å². The van der Waals surface area contributed by atoms with Gasteiger partial charge < -0.3 is 10.1 Å². The molecular weight excluding hydrogens is 358 g/mol. The predicted molar refractivity (Wildman–Crippen MR) is 106 cm³/mol. The first-order chi connectivity index (χ1) is 13.7. The van der Waals surface area contributed by atoms with Crippen LogP contribution in [0.3, 0.4) is 0 Å². The molecule has 0 atom stereocenters. The normalized spacial score (nSPS) is 14.3. The van der Waals surface area contributed by atoms with Crippen molar-refractivity contribution in [1.82, 2.24) is 20.3 Å². The van der Waals surface area contributed by atoms with Crippen molar-refractivity contribution in [2.24, 2.45) is 0 Å². The van der Waals surface area contributed by atoms with Crippen LogP contribution >= 0.6 is 0 Å². The summed E-state index contributed by atoms with van der Waals surface area (Å²) in [5, 5.41) is 11.6. The Bertz CT molecular complexity index is 789. The Balaban J connectivity index is 1.40. The molecule has 1 aromatic carbocycles. The molecule has 2 heterocycles. The number of amides is 1. The van der Waals surface area contributed by atoms with Crippen molar-refractivity contribution >= 4 is 17.8 Å². The Kier molecular flexibility index (Phi) is 7.34. The molecule has 0 unspecified atom stereocenters. The van der Waals surface area contributed by atoms with Gasteiger partial charge in [0.15, 0.2) is 0 Å². The summed E-state index contributed by atoms with van der Waals surface area (Å²) in [6.07, 6.45) is 8.32. The number of benzene rings is 1. The standard InChI is InChI=1S/C20H25N5O3/c26-20(24-27)7-6-17-13-23-19(14-22-17)21-8-11-28-18-5-3-4-16(12-18)15-25-9-1-2-10-25/h3-7,12-14,27H,1-2,8-11,15H2,(H,21,23)(H,24,26)/b7-6+. The van der Waals surface area contributed by atoms with Crippen LogP contribution < -0.4 is 15.5 Å². The minimum Gasteiger partial charge on any atom is -0.492 e. The van der Waals surface area contributed by atoms with E-state index in [1.165, 1.54) is 55.3 Å². The summed E-state index contributed by atoms with van der Waals surface area (Å²) >= 11 is 0. The average molecular weight is 383 g/mol. The maximum atomic E-state index is 10.9. The average Bonchev–Trinajstić information content (AvgIpc) is 3.23. The molecule has 8 nitrogen and oxygen atoms in total. The van der Waals surface area contributed by atoms with E-state index in [9.17, 15) is 4.79 Å². The molecule has 8 heteroatoms. The molecule has 148 valence electrons. The van der Waals surface area contributed by atoms with Crippen LogP contribution in [0, 0.1) is 0 Å². The number of hydrogen-bond acceptors (Lipinski definition) is 7. The quantitative estimate of drug-likeness (QED) is 0.264. The van der Waals surface area contributed by atoms with Gasteiger partial charge >= 0.3 is 0 Å². The lowest BCUT2D eigenvalue weighted by atomic mass is 10.2. The van der Waals surface area contributed by atoms with Crippen molar-refractivity contribution in [3.8, 4) is 5.75 Å². The molecule has 1 aromatic heterocycles. The Hall–Kier alpha value is -2.97. The van der Waals surface area contributed by atoms with E-state index in [4.69, 9.17) is 9.94 Å². The number of hydroxylamine groups is 1. The lowest BCUT2D eigenvalue weighted by Gasteiger charge is -2.15. The van der Waals surface area contributed by atoms with Crippen LogP contribution in [-0.4, -0.2) is 52.2 Å². The first-order valence-electron chi connectivity index (χ1n) is 9.35. The summed E-state index contributed by atoms with van der Waals surface area (Å²) in [5.41, 5.74) is 3.30.